The Morgan fingerprint density at radius 3 is 2.42 bits per heavy atom. The number of nitrogens with zero attached hydrogens (tertiary/aromatic N) is 1. The second-order valence-electron chi connectivity index (χ2n) is 8.99. The van der Waals surface area contributed by atoms with Crippen molar-refractivity contribution in [3.63, 3.8) is 0 Å². The number of ether oxygens (including phenoxy) is 1. The Morgan fingerprint density at radius 2 is 1.76 bits per heavy atom. The molecule has 200 valence electrons. The molecule has 6 nitrogen and oxygen atoms in total. The van der Waals surface area contributed by atoms with Gasteiger partial charge < -0.3 is 20.7 Å². The minimum absolute atomic E-state index is 0.145. The van der Waals surface area contributed by atoms with E-state index in [1.807, 2.05) is 66.4 Å². The van der Waals surface area contributed by atoms with Gasteiger partial charge in [-0.1, -0.05) is 44.2 Å². The van der Waals surface area contributed by atoms with Gasteiger partial charge in [-0.3, -0.25) is 10.2 Å². The molecule has 0 radical (unpaired) electrons. The Hall–Kier alpha value is -3.55. The number of amides is 1. The molecule has 3 aromatic rings. The van der Waals surface area contributed by atoms with E-state index in [0.717, 1.165) is 52.4 Å². The van der Waals surface area contributed by atoms with Crippen LogP contribution in [0.1, 0.15) is 39.2 Å². The van der Waals surface area contributed by atoms with E-state index in [2.05, 4.69) is 43.4 Å². The van der Waals surface area contributed by atoms with Gasteiger partial charge in [0, 0.05) is 22.7 Å². The number of rotatable bonds is 13. The van der Waals surface area contributed by atoms with Crippen molar-refractivity contribution in [1.29, 1.82) is 5.41 Å². The summed E-state index contributed by atoms with van der Waals surface area (Å²) in [4.78, 5) is 15.7. The quantitative estimate of drug-likeness (QED) is 0.0736. The van der Waals surface area contributed by atoms with Gasteiger partial charge in [0.1, 0.15) is 11.6 Å². The van der Waals surface area contributed by atoms with Crippen molar-refractivity contribution in [2.24, 2.45) is 5.73 Å². The molecule has 0 bridgehead atoms. The molecule has 0 fully saturated rings. The first-order valence-corrected chi connectivity index (χ1v) is 14.0. The van der Waals surface area contributed by atoms with Crippen molar-refractivity contribution in [1.82, 2.24) is 4.90 Å². The molecule has 38 heavy (non-hydrogen) atoms. The van der Waals surface area contributed by atoms with Crippen molar-refractivity contribution in [3.05, 3.63) is 83.9 Å². The second-order valence-corrected chi connectivity index (χ2v) is 10.0. The third kappa shape index (κ3) is 8.78. The Labute approximate surface area is 230 Å². The van der Waals surface area contributed by atoms with Gasteiger partial charge in [0.2, 0.25) is 0 Å². The van der Waals surface area contributed by atoms with Crippen molar-refractivity contribution < 1.29 is 9.53 Å². The highest BCUT2D eigenvalue weighted by atomic mass is 32.2. The van der Waals surface area contributed by atoms with Gasteiger partial charge in [0.15, 0.2) is 0 Å². The summed E-state index contributed by atoms with van der Waals surface area (Å²) in [7, 11) is 0. The van der Waals surface area contributed by atoms with Crippen LogP contribution in [0.2, 0.25) is 0 Å². The summed E-state index contributed by atoms with van der Waals surface area (Å²) >= 11 is 1.58. The summed E-state index contributed by atoms with van der Waals surface area (Å²) in [5, 5.41) is 11.2. The van der Waals surface area contributed by atoms with Gasteiger partial charge in [0.05, 0.1) is 19.0 Å². The first kappa shape index (κ1) is 29.0. The summed E-state index contributed by atoms with van der Waals surface area (Å²) in [5.41, 5.74) is 10.2. The zero-order chi connectivity index (χ0) is 27.3. The lowest BCUT2D eigenvalue weighted by molar-refractivity contribution is -0.112. The van der Waals surface area contributed by atoms with E-state index in [4.69, 9.17) is 15.9 Å². The Kier molecular flexibility index (Phi) is 11.5. The average molecular weight is 531 g/mol. The van der Waals surface area contributed by atoms with Crippen LogP contribution in [0.5, 0.6) is 5.75 Å². The molecule has 0 atom stereocenters. The fourth-order valence-electron chi connectivity index (χ4n) is 3.80. The molecule has 0 unspecified atom stereocenters. The van der Waals surface area contributed by atoms with Crippen LogP contribution in [-0.4, -0.2) is 42.2 Å². The molecule has 3 rings (SSSR count). The van der Waals surface area contributed by atoms with Gasteiger partial charge in [0.25, 0.3) is 5.91 Å². The van der Waals surface area contributed by atoms with Crippen LogP contribution < -0.4 is 15.8 Å². The Morgan fingerprint density at radius 1 is 1.03 bits per heavy atom. The molecule has 0 aliphatic rings. The SMILES string of the molecule is CCCOc1ccc(-c2cccc(/C=C(\C)C(=O)Nc3ccc(SCC(=N)N(CN)CCC)cc3)c2)cc1. The van der Waals surface area contributed by atoms with Crippen LogP contribution in [0.3, 0.4) is 0 Å². The van der Waals surface area contributed by atoms with E-state index in [0.29, 0.717) is 30.4 Å². The van der Waals surface area contributed by atoms with Gasteiger partial charge in [-0.25, -0.2) is 0 Å². The minimum Gasteiger partial charge on any atom is -0.494 e. The molecule has 0 aliphatic carbocycles. The number of hydrogen-bond acceptors (Lipinski definition) is 5. The maximum absolute atomic E-state index is 12.8. The number of benzene rings is 3. The lowest BCUT2D eigenvalue weighted by atomic mass is 10.0. The summed E-state index contributed by atoms with van der Waals surface area (Å²) < 4.78 is 5.68. The van der Waals surface area contributed by atoms with Gasteiger partial charge in [-0.05, 0) is 85.0 Å². The van der Waals surface area contributed by atoms with E-state index >= 15 is 0 Å². The van der Waals surface area contributed by atoms with Crippen LogP contribution in [0.25, 0.3) is 17.2 Å². The number of carbonyl (C=O) groups excluding carboxylic acids is 1. The smallest absolute Gasteiger partial charge is 0.251 e. The number of carbonyl (C=O) groups is 1. The van der Waals surface area contributed by atoms with E-state index in [-0.39, 0.29) is 5.91 Å². The third-order valence-electron chi connectivity index (χ3n) is 5.87. The summed E-state index contributed by atoms with van der Waals surface area (Å²) in [6.45, 7) is 7.84. The van der Waals surface area contributed by atoms with Gasteiger partial charge >= 0.3 is 0 Å². The molecule has 0 heterocycles. The second kappa shape index (κ2) is 15.0. The molecule has 0 aliphatic heterocycles. The van der Waals surface area contributed by atoms with Crippen molar-refractivity contribution in [2.45, 2.75) is 38.5 Å². The van der Waals surface area contributed by atoms with Crippen LogP contribution in [0, 0.1) is 5.41 Å². The molecule has 0 saturated carbocycles. The summed E-state index contributed by atoms with van der Waals surface area (Å²) in [6.07, 6.45) is 3.83. The number of thioether (sulfide) groups is 1. The number of amidine groups is 1. The van der Waals surface area contributed by atoms with Gasteiger partial charge in [-0.2, -0.15) is 0 Å². The summed E-state index contributed by atoms with van der Waals surface area (Å²) in [6, 6.07) is 23.9. The fraction of sp³-hybridized carbons (Fsp3) is 0.290. The third-order valence-corrected chi connectivity index (χ3v) is 6.90. The van der Waals surface area contributed by atoms with Crippen LogP contribution in [0.15, 0.2) is 83.3 Å². The van der Waals surface area contributed by atoms with Crippen molar-refractivity contribution >= 4 is 35.3 Å². The zero-order valence-corrected chi connectivity index (χ0v) is 23.3. The summed E-state index contributed by atoms with van der Waals surface area (Å²) in [5.74, 6) is 1.81. The van der Waals surface area contributed by atoms with Crippen molar-refractivity contribution in [3.8, 4) is 16.9 Å². The van der Waals surface area contributed by atoms with Crippen LogP contribution in [-0.2, 0) is 4.79 Å². The zero-order valence-electron chi connectivity index (χ0n) is 22.5. The normalized spacial score (nSPS) is 11.2. The fourth-order valence-corrected chi connectivity index (χ4v) is 4.62. The van der Waals surface area contributed by atoms with Crippen molar-refractivity contribution in [2.75, 3.05) is 30.9 Å². The predicted molar refractivity (Wildman–Crippen MR) is 161 cm³/mol. The van der Waals surface area contributed by atoms with Crippen LogP contribution >= 0.6 is 11.8 Å². The van der Waals surface area contributed by atoms with Crippen LogP contribution in [0.4, 0.5) is 5.69 Å². The molecule has 4 N–H and O–H groups in total. The van der Waals surface area contributed by atoms with E-state index in [1.165, 1.54) is 0 Å². The topological polar surface area (TPSA) is 91.4 Å². The lowest BCUT2D eigenvalue weighted by Gasteiger charge is -2.22. The number of anilines is 1. The van der Waals surface area contributed by atoms with E-state index in [1.54, 1.807) is 11.8 Å². The maximum Gasteiger partial charge on any atom is 0.251 e. The monoisotopic (exact) mass is 530 g/mol. The van der Waals surface area contributed by atoms with Gasteiger partial charge in [-0.15, -0.1) is 11.8 Å². The molecule has 0 aromatic heterocycles. The Bertz CT molecular complexity index is 1220. The first-order chi connectivity index (χ1) is 18.4. The van der Waals surface area contributed by atoms with E-state index in [9.17, 15) is 4.79 Å². The number of nitrogens with two attached hydrogens (primary N) is 1. The first-order valence-electron chi connectivity index (χ1n) is 13.0. The highest BCUT2D eigenvalue weighted by Gasteiger charge is 2.09. The molecule has 1 amide bonds. The highest BCUT2D eigenvalue weighted by Crippen LogP contribution is 2.25. The van der Waals surface area contributed by atoms with E-state index < -0.39 is 0 Å². The molecular weight excluding hydrogens is 492 g/mol. The number of hydrogen-bond donors (Lipinski definition) is 3. The molecule has 0 saturated heterocycles. The average Bonchev–Trinajstić information content (AvgIpc) is 2.94. The Balaban J connectivity index is 1.58. The number of nitrogens with one attached hydrogen (secondary N) is 2. The lowest BCUT2D eigenvalue weighted by Crippen LogP contribution is -2.37. The molecule has 0 spiro atoms. The maximum atomic E-state index is 12.8. The largest absolute Gasteiger partial charge is 0.494 e. The highest BCUT2D eigenvalue weighted by molar-refractivity contribution is 8.00. The standard InChI is InChI=1S/C31H38N4O2S/c1-4-17-35(22-32)30(33)21-38-29-15-11-27(12-16-29)34-31(36)23(3)19-24-7-6-8-26(20-24)25-9-13-28(14-10-25)37-18-5-2/h6-16,19-20,33H,4-5,17-18,21-22,32H2,1-3H3,(H,34,36)/b23-19+,33-30?. The predicted octanol–water partition coefficient (Wildman–Crippen LogP) is 6.88. The molecular formula is C31H38N4O2S. The molecule has 7 heteroatoms. The molecule has 3 aromatic carbocycles. The minimum atomic E-state index is -0.145.